The summed E-state index contributed by atoms with van der Waals surface area (Å²) < 4.78 is 0. The second-order valence-corrected chi connectivity index (χ2v) is 12.1. The van der Waals surface area contributed by atoms with Gasteiger partial charge >= 0.3 is 0 Å². The van der Waals surface area contributed by atoms with Crippen LogP contribution < -0.4 is 0 Å². The van der Waals surface area contributed by atoms with E-state index in [1.807, 2.05) is 0 Å². The Kier molecular flexibility index (Phi) is 28.6. The molecule has 0 N–H and O–H groups in total. The first-order valence-electron chi connectivity index (χ1n) is 16.5. The lowest BCUT2D eigenvalue weighted by molar-refractivity contribution is 0.311. The summed E-state index contributed by atoms with van der Waals surface area (Å²) in [5.74, 6) is 1.85. The summed E-state index contributed by atoms with van der Waals surface area (Å²) in [4.78, 5) is 2.38. The molecule has 1 nitrogen and oxygen atoms in total. The number of allylic oxidation sites excluding steroid dienone is 3. The number of nitrogens with zero attached hydrogens (tertiary/aromatic N) is 1. The van der Waals surface area contributed by atoms with E-state index in [0.717, 1.165) is 11.8 Å². The highest BCUT2D eigenvalue weighted by Crippen LogP contribution is 2.24. The van der Waals surface area contributed by atoms with Crippen molar-refractivity contribution < 1.29 is 0 Å². The van der Waals surface area contributed by atoms with Gasteiger partial charge in [-0.05, 0) is 77.4 Å². The number of hydrogen-bond donors (Lipinski definition) is 0. The molecule has 0 aliphatic heterocycles. The van der Waals surface area contributed by atoms with Crippen LogP contribution in [0.5, 0.6) is 0 Å². The van der Waals surface area contributed by atoms with Gasteiger partial charge in [-0.25, -0.2) is 0 Å². The number of unbranched alkanes of at least 4 members (excludes halogenated alkanes) is 15. The summed E-state index contributed by atoms with van der Waals surface area (Å²) in [7, 11) is 4.46. The fraction of sp³-hybridized carbons (Fsp3) is 0.886. The predicted octanol–water partition coefficient (Wildman–Crippen LogP) is 11.9. The second-order valence-electron chi connectivity index (χ2n) is 12.1. The van der Waals surface area contributed by atoms with Crippen LogP contribution in [-0.2, 0) is 0 Å². The topological polar surface area (TPSA) is 3.24 Å². The van der Waals surface area contributed by atoms with Gasteiger partial charge in [0.15, 0.2) is 0 Å². The van der Waals surface area contributed by atoms with Crippen molar-refractivity contribution >= 4 is 0 Å². The van der Waals surface area contributed by atoms with Crippen molar-refractivity contribution in [3.8, 4) is 0 Å². The smallest absolute Gasteiger partial charge is 0.00222 e. The molecule has 1 heteroatoms. The van der Waals surface area contributed by atoms with E-state index in [4.69, 9.17) is 0 Å². The monoisotopic (exact) mass is 504 g/mol. The Balaban J connectivity index is 3.65. The van der Waals surface area contributed by atoms with Crippen LogP contribution in [0.1, 0.15) is 168 Å². The lowest BCUT2D eigenvalue weighted by Crippen LogP contribution is -2.17. The van der Waals surface area contributed by atoms with Gasteiger partial charge < -0.3 is 4.90 Å². The Morgan fingerprint density at radius 1 is 0.556 bits per heavy atom. The van der Waals surface area contributed by atoms with Crippen LogP contribution in [0.4, 0.5) is 0 Å². The molecular weight excluding hydrogens is 434 g/mol. The molecule has 0 saturated heterocycles. The first-order chi connectivity index (χ1) is 17.6. The lowest BCUT2D eigenvalue weighted by atomic mass is 9.90. The van der Waals surface area contributed by atoms with Crippen molar-refractivity contribution in [3.63, 3.8) is 0 Å². The van der Waals surface area contributed by atoms with E-state index < -0.39 is 0 Å². The fourth-order valence-electron chi connectivity index (χ4n) is 5.41. The molecule has 214 valence electrons. The predicted molar refractivity (Wildman–Crippen MR) is 167 cm³/mol. The van der Waals surface area contributed by atoms with Gasteiger partial charge in [-0.3, -0.25) is 0 Å². The standard InChI is InChI=1S/C35H69N/c1-6-8-10-11-12-13-14-15-16-17-18-19-20-21-22-23-25-30-35(32-33-36(4)5)31-27-26-29-34(3)28-24-9-7-2/h7,12-13,34-35H,2,6,8-11,14-33H2,1,3-5H3/b13-12-. The third-order valence-corrected chi connectivity index (χ3v) is 8.02. The molecule has 36 heavy (non-hydrogen) atoms. The zero-order chi connectivity index (χ0) is 26.5. The molecule has 0 rings (SSSR count). The highest BCUT2D eigenvalue weighted by molar-refractivity contribution is 4.81. The van der Waals surface area contributed by atoms with Gasteiger partial charge in [-0.1, -0.05) is 141 Å². The van der Waals surface area contributed by atoms with Gasteiger partial charge in [0.2, 0.25) is 0 Å². The minimum absolute atomic E-state index is 0.896. The quantitative estimate of drug-likeness (QED) is 0.0724. The first-order valence-corrected chi connectivity index (χ1v) is 16.5. The summed E-state index contributed by atoms with van der Waals surface area (Å²) in [6, 6.07) is 0. The van der Waals surface area contributed by atoms with Crippen molar-refractivity contribution in [1.82, 2.24) is 4.90 Å². The van der Waals surface area contributed by atoms with Crippen molar-refractivity contribution in [1.29, 1.82) is 0 Å². The zero-order valence-corrected chi connectivity index (χ0v) is 25.7. The van der Waals surface area contributed by atoms with Crippen LogP contribution in [0.15, 0.2) is 24.8 Å². The highest BCUT2D eigenvalue weighted by atomic mass is 15.0. The van der Waals surface area contributed by atoms with Crippen LogP contribution in [0.2, 0.25) is 0 Å². The molecule has 0 aromatic carbocycles. The molecule has 0 spiro atoms. The first kappa shape index (κ1) is 35.4. The third-order valence-electron chi connectivity index (χ3n) is 8.02. The summed E-state index contributed by atoms with van der Waals surface area (Å²) >= 11 is 0. The van der Waals surface area contributed by atoms with E-state index in [9.17, 15) is 0 Å². The van der Waals surface area contributed by atoms with Crippen molar-refractivity contribution in [3.05, 3.63) is 24.8 Å². The van der Waals surface area contributed by atoms with Gasteiger partial charge in [0.05, 0.1) is 0 Å². The molecule has 0 radical (unpaired) electrons. The maximum atomic E-state index is 3.85. The molecule has 2 atom stereocenters. The molecule has 0 aliphatic carbocycles. The molecule has 0 aromatic rings. The zero-order valence-electron chi connectivity index (χ0n) is 25.7. The van der Waals surface area contributed by atoms with Crippen LogP contribution in [0.3, 0.4) is 0 Å². The molecular formula is C35H69N. The molecule has 0 amide bonds. The molecule has 0 aliphatic rings. The van der Waals surface area contributed by atoms with Crippen LogP contribution >= 0.6 is 0 Å². The lowest BCUT2D eigenvalue weighted by Gasteiger charge is -2.20. The Morgan fingerprint density at radius 3 is 1.58 bits per heavy atom. The van der Waals surface area contributed by atoms with Gasteiger partial charge in [-0.15, -0.1) is 6.58 Å². The number of rotatable bonds is 29. The van der Waals surface area contributed by atoms with Crippen molar-refractivity contribution in [2.45, 2.75) is 168 Å². The van der Waals surface area contributed by atoms with E-state index in [1.165, 1.54) is 161 Å². The summed E-state index contributed by atoms with van der Waals surface area (Å²) in [6.07, 6.45) is 40.6. The summed E-state index contributed by atoms with van der Waals surface area (Å²) in [5, 5.41) is 0. The largest absolute Gasteiger partial charge is 0.309 e. The Hall–Kier alpha value is -0.560. The number of hydrogen-bond acceptors (Lipinski definition) is 1. The van der Waals surface area contributed by atoms with E-state index in [0.29, 0.717) is 0 Å². The second kappa shape index (κ2) is 29.0. The maximum Gasteiger partial charge on any atom is -0.00222 e. The van der Waals surface area contributed by atoms with E-state index in [1.54, 1.807) is 0 Å². The maximum absolute atomic E-state index is 3.85. The Labute approximate surface area is 230 Å². The van der Waals surface area contributed by atoms with Crippen LogP contribution in [0, 0.1) is 11.8 Å². The fourth-order valence-corrected chi connectivity index (χ4v) is 5.41. The molecule has 0 aromatic heterocycles. The summed E-state index contributed by atoms with van der Waals surface area (Å²) in [5.41, 5.74) is 0. The average molecular weight is 504 g/mol. The van der Waals surface area contributed by atoms with Gasteiger partial charge in [-0.2, -0.15) is 0 Å². The van der Waals surface area contributed by atoms with Gasteiger partial charge in [0, 0.05) is 0 Å². The SMILES string of the molecule is C=CCCCC(C)CCCCC(CCCCCCCCCCCC/C=C\CCCCC)CCN(C)C. The molecule has 0 bridgehead atoms. The molecule has 0 saturated carbocycles. The molecule has 2 unspecified atom stereocenters. The molecule has 0 heterocycles. The van der Waals surface area contributed by atoms with E-state index in [2.05, 4.69) is 57.6 Å². The average Bonchev–Trinajstić information content (AvgIpc) is 2.86. The summed E-state index contributed by atoms with van der Waals surface area (Å²) in [6.45, 7) is 9.84. The van der Waals surface area contributed by atoms with Crippen LogP contribution in [0.25, 0.3) is 0 Å². The minimum Gasteiger partial charge on any atom is -0.309 e. The van der Waals surface area contributed by atoms with E-state index in [-0.39, 0.29) is 0 Å². The van der Waals surface area contributed by atoms with Gasteiger partial charge in [0.1, 0.15) is 0 Å². The highest BCUT2D eigenvalue weighted by Gasteiger charge is 2.10. The van der Waals surface area contributed by atoms with Crippen molar-refractivity contribution in [2.75, 3.05) is 20.6 Å². The molecule has 0 fully saturated rings. The van der Waals surface area contributed by atoms with Crippen molar-refractivity contribution in [2.24, 2.45) is 11.8 Å². The normalized spacial score (nSPS) is 13.6. The van der Waals surface area contributed by atoms with E-state index >= 15 is 0 Å². The Bertz CT molecular complexity index is 452. The van der Waals surface area contributed by atoms with Crippen LogP contribution in [-0.4, -0.2) is 25.5 Å². The Morgan fingerprint density at radius 2 is 1.03 bits per heavy atom. The van der Waals surface area contributed by atoms with Gasteiger partial charge in [0.25, 0.3) is 0 Å². The minimum atomic E-state index is 0.896. The third kappa shape index (κ3) is 28.0.